The zero-order valence-corrected chi connectivity index (χ0v) is 45.5. The number of hydrogen-bond acceptors (Lipinski definition) is 10. The number of carbonyl (C=O) groups excluding carboxylic acids is 1. The zero-order valence-electron chi connectivity index (χ0n) is 45.5. The number of unbranched alkanes of at least 4 members (excludes halogenated alkanes) is 30. The number of aliphatic hydroxyl groups excluding tert-OH is 7. The lowest BCUT2D eigenvalue weighted by molar-refractivity contribution is -0.303. The summed E-state index contributed by atoms with van der Waals surface area (Å²) < 4.78 is 11.1. The molecule has 1 saturated heterocycles. The van der Waals surface area contributed by atoms with Crippen molar-refractivity contribution < 1.29 is 50.0 Å². The summed E-state index contributed by atoms with van der Waals surface area (Å²) >= 11 is 0. The number of amides is 1. The molecule has 1 fully saturated rings. The minimum absolute atomic E-state index is 0.245. The highest BCUT2D eigenvalue weighted by molar-refractivity contribution is 5.80. The molecule has 11 nitrogen and oxygen atoms in total. The molecule has 0 aromatic heterocycles. The molecule has 0 radical (unpaired) electrons. The van der Waals surface area contributed by atoms with Crippen molar-refractivity contribution in [2.75, 3.05) is 13.2 Å². The Hall–Kier alpha value is -1.93. The third-order valence-electron chi connectivity index (χ3n) is 14.1. The van der Waals surface area contributed by atoms with Crippen molar-refractivity contribution in [2.45, 2.75) is 313 Å². The van der Waals surface area contributed by atoms with Gasteiger partial charge in [0.2, 0.25) is 5.91 Å². The van der Waals surface area contributed by atoms with Crippen LogP contribution in [0.1, 0.15) is 258 Å². The molecule has 1 rings (SSSR count). The Morgan fingerprint density at radius 3 is 1.34 bits per heavy atom. The molecule has 0 spiro atoms. The summed E-state index contributed by atoms with van der Waals surface area (Å²) in [6.07, 6.45) is 50.4. The summed E-state index contributed by atoms with van der Waals surface area (Å²) in [7, 11) is 0. The molecule has 1 aliphatic heterocycles. The van der Waals surface area contributed by atoms with Gasteiger partial charge in [-0.3, -0.25) is 4.79 Å². The average molecular weight is 1010 g/mol. The van der Waals surface area contributed by atoms with Gasteiger partial charge in [0.15, 0.2) is 6.29 Å². The summed E-state index contributed by atoms with van der Waals surface area (Å²) in [4.78, 5) is 13.2. The predicted octanol–water partition coefficient (Wildman–Crippen LogP) is 12.5. The highest BCUT2D eigenvalue weighted by atomic mass is 16.7. The number of ether oxygens (including phenoxy) is 2. The summed E-state index contributed by atoms with van der Waals surface area (Å²) in [5, 5.41) is 76.0. The van der Waals surface area contributed by atoms with Crippen LogP contribution in [0, 0.1) is 0 Å². The van der Waals surface area contributed by atoms with E-state index in [1.54, 1.807) is 0 Å². The zero-order chi connectivity index (χ0) is 51.8. The molecule has 0 aliphatic carbocycles. The SMILES string of the molecule is CCCCCCC/C=C/CC/C=C/CCCC(O)C(O)C(COC1OC(CO)C(O)C(O)C1O)NC(=O)C(O)CCCCCCCCCCCCCCCC/C=C\C/C=C\CCCCCCCCCCC. The maximum absolute atomic E-state index is 13.2. The third-order valence-corrected chi connectivity index (χ3v) is 14.1. The standard InChI is InChI=1S/C60H111NO10/c1-3-5-7-9-11-13-15-17-19-20-21-22-23-24-25-26-27-28-29-30-31-32-33-34-36-38-40-42-44-46-48-53(64)59(69)61-51(50-70-60-58(68)57(67)56(66)54(49-62)71-60)55(65)52(63)47-45-43-41-39-37-35-18-16-14-12-10-8-6-4-2/h16,18,21-22,24-25,39,41,51-58,60,62-68H,3-15,17,19-20,23,26-38,40,42-50H2,1-2H3,(H,61,69)/b18-16+,22-21-,25-24-,41-39+. The van der Waals surface area contributed by atoms with Gasteiger partial charge in [0.05, 0.1) is 25.4 Å². The van der Waals surface area contributed by atoms with E-state index in [1.165, 1.54) is 167 Å². The van der Waals surface area contributed by atoms with Crippen LogP contribution in [0.5, 0.6) is 0 Å². The van der Waals surface area contributed by atoms with E-state index in [9.17, 15) is 40.5 Å². The molecule has 0 bridgehead atoms. The van der Waals surface area contributed by atoms with Crippen molar-refractivity contribution >= 4 is 5.91 Å². The third kappa shape index (κ3) is 37.5. The average Bonchev–Trinajstić information content (AvgIpc) is 3.37. The van der Waals surface area contributed by atoms with E-state index in [2.05, 4.69) is 67.8 Å². The number of hydrogen-bond donors (Lipinski definition) is 8. The number of rotatable bonds is 50. The van der Waals surface area contributed by atoms with Crippen LogP contribution in [0.3, 0.4) is 0 Å². The van der Waals surface area contributed by atoms with Crippen molar-refractivity contribution in [3.63, 3.8) is 0 Å². The van der Waals surface area contributed by atoms with Crippen molar-refractivity contribution in [3.05, 3.63) is 48.6 Å². The lowest BCUT2D eigenvalue weighted by Crippen LogP contribution is -2.60. The molecular weight excluding hydrogens is 895 g/mol. The van der Waals surface area contributed by atoms with Crippen LogP contribution in [0.25, 0.3) is 0 Å². The molecule has 416 valence electrons. The van der Waals surface area contributed by atoms with Crippen molar-refractivity contribution in [1.82, 2.24) is 5.32 Å². The monoisotopic (exact) mass is 1010 g/mol. The van der Waals surface area contributed by atoms with Crippen molar-refractivity contribution in [3.8, 4) is 0 Å². The van der Waals surface area contributed by atoms with Crippen molar-refractivity contribution in [2.24, 2.45) is 0 Å². The number of carbonyl (C=O) groups is 1. The van der Waals surface area contributed by atoms with Gasteiger partial charge in [-0.15, -0.1) is 0 Å². The molecule has 0 aromatic carbocycles. The van der Waals surface area contributed by atoms with Gasteiger partial charge >= 0.3 is 0 Å². The van der Waals surface area contributed by atoms with Crippen LogP contribution < -0.4 is 5.32 Å². The maximum atomic E-state index is 13.2. The van der Waals surface area contributed by atoms with Crippen LogP contribution in [0.4, 0.5) is 0 Å². The molecule has 8 N–H and O–H groups in total. The van der Waals surface area contributed by atoms with E-state index in [4.69, 9.17) is 9.47 Å². The Morgan fingerprint density at radius 1 is 0.493 bits per heavy atom. The van der Waals surface area contributed by atoms with Gasteiger partial charge in [0.25, 0.3) is 0 Å². The Labute approximate surface area is 434 Å². The van der Waals surface area contributed by atoms with E-state index in [-0.39, 0.29) is 12.8 Å². The molecule has 1 heterocycles. The van der Waals surface area contributed by atoms with Gasteiger partial charge in [-0.25, -0.2) is 0 Å². The normalized spacial score (nSPS) is 20.5. The minimum atomic E-state index is -1.67. The fourth-order valence-corrected chi connectivity index (χ4v) is 9.25. The Kier molecular flexibility index (Phi) is 46.3. The second-order valence-corrected chi connectivity index (χ2v) is 20.7. The Morgan fingerprint density at radius 2 is 0.887 bits per heavy atom. The fraction of sp³-hybridized carbons (Fsp3) is 0.850. The van der Waals surface area contributed by atoms with Crippen LogP contribution in [-0.2, 0) is 14.3 Å². The van der Waals surface area contributed by atoms with Crippen LogP contribution in [-0.4, -0.2) is 110 Å². The molecule has 9 unspecified atom stereocenters. The van der Waals surface area contributed by atoms with Gasteiger partial charge in [-0.2, -0.15) is 0 Å². The van der Waals surface area contributed by atoms with E-state index in [1.807, 2.05) is 0 Å². The fourth-order valence-electron chi connectivity index (χ4n) is 9.25. The van der Waals surface area contributed by atoms with Gasteiger partial charge in [0.1, 0.15) is 36.6 Å². The predicted molar refractivity (Wildman–Crippen MR) is 293 cm³/mol. The van der Waals surface area contributed by atoms with E-state index in [0.717, 1.165) is 44.9 Å². The molecule has 0 aromatic rings. The highest BCUT2D eigenvalue weighted by Gasteiger charge is 2.44. The van der Waals surface area contributed by atoms with Crippen LogP contribution >= 0.6 is 0 Å². The Bertz CT molecular complexity index is 1290. The van der Waals surface area contributed by atoms with Gasteiger partial charge in [0, 0.05) is 0 Å². The molecular formula is C60H111NO10. The number of nitrogens with one attached hydrogen (secondary N) is 1. The quantitative estimate of drug-likeness (QED) is 0.0215. The van der Waals surface area contributed by atoms with Gasteiger partial charge in [-0.05, 0) is 83.5 Å². The first-order chi connectivity index (χ1) is 34.7. The van der Waals surface area contributed by atoms with Crippen LogP contribution in [0.2, 0.25) is 0 Å². The lowest BCUT2D eigenvalue weighted by atomic mass is 9.98. The summed E-state index contributed by atoms with van der Waals surface area (Å²) in [6.45, 7) is 3.42. The minimum Gasteiger partial charge on any atom is -0.394 e. The first kappa shape index (κ1) is 67.1. The summed E-state index contributed by atoms with van der Waals surface area (Å²) in [5.74, 6) is -0.711. The number of aliphatic hydroxyl groups is 7. The smallest absolute Gasteiger partial charge is 0.249 e. The summed E-state index contributed by atoms with van der Waals surface area (Å²) in [5.41, 5.74) is 0. The van der Waals surface area contributed by atoms with Crippen LogP contribution in [0.15, 0.2) is 48.6 Å². The molecule has 71 heavy (non-hydrogen) atoms. The van der Waals surface area contributed by atoms with E-state index in [0.29, 0.717) is 19.3 Å². The largest absolute Gasteiger partial charge is 0.394 e. The van der Waals surface area contributed by atoms with E-state index >= 15 is 0 Å². The highest BCUT2D eigenvalue weighted by Crippen LogP contribution is 2.23. The molecule has 1 aliphatic rings. The molecule has 1 amide bonds. The first-order valence-electron chi connectivity index (χ1n) is 29.5. The maximum Gasteiger partial charge on any atom is 0.249 e. The second-order valence-electron chi connectivity index (χ2n) is 20.7. The summed E-state index contributed by atoms with van der Waals surface area (Å²) in [6, 6.07) is -1.19. The Balaban J connectivity index is 2.25. The lowest BCUT2D eigenvalue weighted by Gasteiger charge is -2.40. The second kappa shape index (κ2) is 49.0. The van der Waals surface area contributed by atoms with Gasteiger partial charge in [-0.1, -0.05) is 223 Å². The van der Waals surface area contributed by atoms with Crippen molar-refractivity contribution in [1.29, 1.82) is 0 Å². The topological polar surface area (TPSA) is 189 Å². The van der Waals surface area contributed by atoms with Gasteiger partial charge < -0.3 is 50.5 Å². The first-order valence-corrected chi connectivity index (χ1v) is 29.5. The molecule has 9 atom stereocenters. The molecule has 11 heteroatoms. The number of allylic oxidation sites excluding steroid dienone is 8. The molecule has 0 saturated carbocycles. The van der Waals surface area contributed by atoms with E-state index < -0.39 is 74.2 Å².